The molecule has 1 fully saturated rings. The summed E-state index contributed by atoms with van der Waals surface area (Å²) in [6, 6.07) is 24.9. The Morgan fingerprint density at radius 2 is 1.28 bits per heavy atom. The molecule has 19 heteroatoms. The first-order chi connectivity index (χ1) is 32.9. The van der Waals surface area contributed by atoms with Crippen LogP contribution in [0.5, 0.6) is 11.5 Å². The summed E-state index contributed by atoms with van der Waals surface area (Å²) in [5.74, 6) is 0.324. The molecular formula is C50H58F4N4O10S. The summed E-state index contributed by atoms with van der Waals surface area (Å²) in [5, 5.41) is 9.17. The fourth-order valence-corrected chi connectivity index (χ4v) is 7.31. The first-order valence-electron chi connectivity index (χ1n) is 22.2. The van der Waals surface area contributed by atoms with Gasteiger partial charge in [0, 0.05) is 18.8 Å². The van der Waals surface area contributed by atoms with E-state index in [-0.39, 0.29) is 43.0 Å². The van der Waals surface area contributed by atoms with Crippen molar-refractivity contribution in [3.8, 4) is 17.6 Å². The third-order valence-electron chi connectivity index (χ3n) is 10.2. The highest BCUT2D eigenvalue weighted by molar-refractivity contribution is 7.81. The Bertz CT molecular complexity index is 2340. The van der Waals surface area contributed by atoms with E-state index in [2.05, 4.69) is 0 Å². The van der Waals surface area contributed by atoms with Crippen molar-refractivity contribution in [2.45, 2.75) is 65.1 Å². The largest absolute Gasteiger partial charge is 0.491 e. The number of rotatable bonds is 26. The van der Waals surface area contributed by atoms with E-state index in [1.807, 2.05) is 45.0 Å². The Balaban J connectivity index is 0.890. The second-order valence-corrected chi connectivity index (χ2v) is 17.4. The number of halogens is 4. The van der Waals surface area contributed by atoms with Crippen LogP contribution >= 0.6 is 12.2 Å². The molecule has 0 N–H and O–H groups in total. The van der Waals surface area contributed by atoms with Gasteiger partial charge >= 0.3 is 12.3 Å². The third-order valence-corrected chi connectivity index (χ3v) is 10.5. The molecule has 2 amide bonds. The molecule has 372 valence electrons. The fourth-order valence-electron chi connectivity index (χ4n) is 6.79. The minimum absolute atomic E-state index is 0.00461. The van der Waals surface area contributed by atoms with Crippen molar-refractivity contribution in [1.29, 1.82) is 5.26 Å². The van der Waals surface area contributed by atoms with Crippen LogP contribution in [0.4, 0.5) is 33.7 Å². The average Bonchev–Trinajstić information content (AvgIpc) is 3.48. The van der Waals surface area contributed by atoms with Crippen molar-refractivity contribution in [2.75, 3.05) is 89.0 Å². The lowest BCUT2D eigenvalue weighted by molar-refractivity contribution is -0.137. The topological polar surface area (TPSA) is 141 Å². The van der Waals surface area contributed by atoms with E-state index in [1.54, 1.807) is 66.1 Å². The second-order valence-electron chi connectivity index (χ2n) is 17.0. The van der Waals surface area contributed by atoms with Crippen molar-refractivity contribution >= 4 is 40.7 Å². The maximum absolute atomic E-state index is 13.7. The Morgan fingerprint density at radius 1 is 0.710 bits per heavy atom. The number of anilines is 2. The molecular weight excluding hydrogens is 925 g/mol. The van der Waals surface area contributed by atoms with E-state index < -0.39 is 40.4 Å². The molecule has 14 nitrogen and oxygen atoms in total. The number of nitrogens with zero attached hydrogens (tertiary/aromatic N) is 4. The van der Waals surface area contributed by atoms with Crippen LogP contribution in [0.1, 0.15) is 56.9 Å². The summed E-state index contributed by atoms with van der Waals surface area (Å²) < 4.78 is 99.6. The molecule has 1 saturated heterocycles. The third kappa shape index (κ3) is 16.7. The molecule has 0 atom stereocenters. The zero-order valence-corrected chi connectivity index (χ0v) is 40.2. The second kappa shape index (κ2) is 25.6. The van der Waals surface area contributed by atoms with Crippen molar-refractivity contribution in [3.63, 3.8) is 0 Å². The highest BCUT2D eigenvalue weighted by atomic mass is 32.1. The molecule has 0 unspecified atom stereocenters. The number of hydrogen-bond donors (Lipinski definition) is 0. The molecule has 69 heavy (non-hydrogen) atoms. The Kier molecular flexibility index (Phi) is 20.1. The van der Waals surface area contributed by atoms with Gasteiger partial charge in [0.25, 0.3) is 5.91 Å². The summed E-state index contributed by atoms with van der Waals surface area (Å²) in [4.78, 5) is 30.7. The monoisotopic (exact) mass is 982 g/mol. The molecule has 1 heterocycles. The predicted octanol–water partition coefficient (Wildman–Crippen LogP) is 9.11. The standard InChI is InChI=1S/C50H58F4N4O10S/c1-48(2,3)68-47(60)56(34-37-7-6-8-43(31-37)67-35-36-9-12-39(51)13-10-36)19-20-61-21-22-62-23-24-63-25-26-64-27-28-65-29-30-66-42-17-15-40(16-18-42)58-46(69)57(45(59)49(58,4)5)41-14-11-38(33-55)44(32-41)50(52,53)54/h6-18,31-32H,19-30,34-35H2,1-5H3. The molecule has 0 saturated carbocycles. The van der Waals surface area contributed by atoms with Crippen molar-refractivity contribution in [2.24, 2.45) is 0 Å². The van der Waals surface area contributed by atoms with Gasteiger partial charge in [-0.2, -0.15) is 18.4 Å². The zero-order valence-electron chi connectivity index (χ0n) is 39.4. The predicted molar refractivity (Wildman–Crippen MR) is 253 cm³/mol. The number of ether oxygens (including phenoxy) is 8. The number of alkyl halides is 3. The molecule has 0 radical (unpaired) electrons. The number of carbonyl (C=O) groups excluding carboxylic acids is 2. The van der Waals surface area contributed by atoms with E-state index in [9.17, 15) is 32.4 Å². The molecule has 0 aliphatic carbocycles. The van der Waals surface area contributed by atoms with Crippen molar-refractivity contribution in [3.05, 3.63) is 119 Å². The van der Waals surface area contributed by atoms with Gasteiger partial charge in [0.1, 0.15) is 41.7 Å². The fraction of sp³-hybridized carbons (Fsp3) is 0.440. The number of amides is 2. The van der Waals surface area contributed by atoms with E-state index in [4.69, 9.17) is 50.1 Å². The number of nitriles is 1. The van der Waals surface area contributed by atoms with Crippen LogP contribution in [-0.2, 0) is 52.5 Å². The minimum Gasteiger partial charge on any atom is -0.491 e. The molecule has 0 spiro atoms. The molecule has 4 aromatic rings. The van der Waals surface area contributed by atoms with Gasteiger partial charge in [-0.05, 0) is 125 Å². The molecule has 1 aliphatic heterocycles. The lowest BCUT2D eigenvalue weighted by Crippen LogP contribution is -2.44. The summed E-state index contributed by atoms with van der Waals surface area (Å²) >= 11 is 5.60. The normalized spacial score (nSPS) is 13.7. The molecule has 1 aliphatic rings. The highest BCUT2D eigenvalue weighted by Crippen LogP contribution is 2.40. The summed E-state index contributed by atoms with van der Waals surface area (Å²) in [5.41, 5.74) is -1.47. The maximum atomic E-state index is 13.7. The first-order valence-corrected chi connectivity index (χ1v) is 22.6. The van der Waals surface area contributed by atoms with Crippen molar-refractivity contribution < 1.29 is 65.0 Å². The summed E-state index contributed by atoms with van der Waals surface area (Å²) in [7, 11) is 0. The minimum atomic E-state index is -4.80. The van der Waals surface area contributed by atoms with Gasteiger partial charge in [-0.25, -0.2) is 9.18 Å². The quantitative estimate of drug-likeness (QED) is 0.0336. The van der Waals surface area contributed by atoms with E-state index in [1.165, 1.54) is 18.2 Å². The van der Waals surface area contributed by atoms with Gasteiger partial charge in [0.05, 0.1) is 89.0 Å². The first kappa shape index (κ1) is 54.1. The Hall–Kier alpha value is -5.88. The molecule has 0 bridgehead atoms. The maximum Gasteiger partial charge on any atom is 0.417 e. The van der Waals surface area contributed by atoms with Crippen LogP contribution < -0.4 is 19.3 Å². The van der Waals surface area contributed by atoms with Crippen LogP contribution in [0, 0.1) is 17.1 Å². The van der Waals surface area contributed by atoms with Crippen LogP contribution in [0.3, 0.4) is 0 Å². The summed E-state index contributed by atoms with van der Waals surface area (Å²) in [6.07, 6.45) is -5.26. The van der Waals surface area contributed by atoms with Crippen LogP contribution in [-0.4, -0.2) is 112 Å². The van der Waals surface area contributed by atoms with Crippen LogP contribution in [0.25, 0.3) is 0 Å². The van der Waals surface area contributed by atoms with Gasteiger partial charge in [-0.3, -0.25) is 9.69 Å². The lowest BCUT2D eigenvalue weighted by atomic mass is 10.0. The summed E-state index contributed by atoms with van der Waals surface area (Å²) in [6.45, 7) is 13.2. The zero-order chi connectivity index (χ0) is 50.0. The van der Waals surface area contributed by atoms with E-state index >= 15 is 0 Å². The SMILES string of the molecule is CC(C)(C)OC(=O)N(CCOCCOCCOCCOCCOCCOc1ccc(N2C(=S)N(c3ccc(C#N)c(C(F)(F)F)c3)C(=O)C2(C)C)cc1)Cc1cccc(OCc2ccc(F)cc2)c1. The van der Waals surface area contributed by atoms with Gasteiger partial charge in [0.15, 0.2) is 5.11 Å². The Labute approximate surface area is 405 Å². The molecule has 0 aromatic heterocycles. The molecule has 4 aromatic carbocycles. The highest BCUT2D eigenvalue weighted by Gasteiger charge is 2.50. The van der Waals surface area contributed by atoms with Crippen LogP contribution in [0.15, 0.2) is 91.0 Å². The number of hydrogen-bond acceptors (Lipinski definition) is 12. The smallest absolute Gasteiger partial charge is 0.417 e. The van der Waals surface area contributed by atoms with Gasteiger partial charge in [-0.15, -0.1) is 0 Å². The average molecular weight is 983 g/mol. The Morgan fingerprint density at radius 3 is 1.84 bits per heavy atom. The number of carbonyl (C=O) groups is 2. The molecule has 5 rings (SSSR count). The van der Waals surface area contributed by atoms with E-state index in [0.29, 0.717) is 83.2 Å². The lowest BCUT2D eigenvalue weighted by Gasteiger charge is -2.29. The van der Waals surface area contributed by atoms with Crippen LogP contribution in [0.2, 0.25) is 0 Å². The van der Waals surface area contributed by atoms with Gasteiger partial charge in [0.2, 0.25) is 0 Å². The number of benzene rings is 4. The number of thiocarbonyl (C=S) groups is 1. The van der Waals surface area contributed by atoms with Gasteiger partial charge in [-0.1, -0.05) is 24.3 Å². The van der Waals surface area contributed by atoms with Gasteiger partial charge < -0.3 is 47.7 Å². The van der Waals surface area contributed by atoms with Crippen molar-refractivity contribution in [1.82, 2.24) is 4.90 Å². The van der Waals surface area contributed by atoms with E-state index in [0.717, 1.165) is 28.2 Å².